The van der Waals surface area contributed by atoms with Gasteiger partial charge in [-0.1, -0.05) is 0 Å². The van der Waals surface area contributed by atoms with E-state index >= 15 is 0 Å². The number of rotatable bonds is 6. The highest BCUT2D eigenvalue weighted by Gasteiger charge is 2.02. The first kappa shape index (κ1) is 15.9. The van der Waals surface area contributed by atoms with Crippen molar-refractivity contribution < 1.29 is 9.47 Å². The molecule has 2 aromatic carbocycles. The topological polar surface area (TPSA) is 117 Å². The van der Waals surface area contributed by atoms with Gasteiger partial charge in [0.25, 0.3) is 0 Å². The molecule has 0 aliphatic heterocycles. The number of hydrazone groups is 1. The monoisotopic (exact) mass is 309 g/mol. The molecule has 0 aliphatic carbocycles. The van der Waals surface area contributed by atoms with Crippen LogP contribution in [0.25, 0.3) is 0 Å². The van der Waals surface area contributed by atoms with Crippen LogP contribution in [0.4, 0.5) is 5.69 Å². The number of amidine groups is 1. The highest BCUT2D eigenvalue weighted by Crippen LogP contribution is 2.24. The molecule has 23 heavy (non-hydrogen) atoms. The van der Waals surface area contributed by atoms with Gasteiger partial charge in [-0.3, -0.25) is 10.8 Å². The van der Waals surface area contributed by atoms with Crippen LogP contribution in [0.3, 0.4) is 0 Å². The summed E-state index contributed by atoms with van der Waals surface area (Å²) in [7, 11) is 1.61. The fraction of sp³-hybridized carbons (Fsp3) is 0.0625. The minimum absolute atomic E-state index is 0.177. The van der Waals surface area contributed by atoms with Crippen LogP contribution in [-0.4, -0.2) is 18.7 Å². The maximum atomic E-state index is 8.75. The Morgan fingerprint density at radius 2 is 1.61 bits per heavy atom. The summed E-state index contributed by atoms with van der Waals surface area (Å²) >= 11 is 0. The van der Waals surface area contributed by atoms with Crippen LogP contribution in [0.5, 0.6) is 17.2 Å². The Hall–Kier alpha value is -3.53. The fourth-order valence-corrected chi connectivity index (χ4v) is 1.64. The van der Waals surface area contributed by atoms with Gasteiger partial charge in [-0.15, -0.1) is 0 Å². The second kappa shape index (κ2) is 7.47. The smallest absolute Gasteiger partial charge is 0.201 e. The number of hydrogen-bond donors (Lipinski definition) is 3. The van der Waals surface area contributed by atoms with Gasteiger partial charge in [0.1, 0.15) is 23.3 Å². The molecule has 0 aliphatic rings. The predicted molar refractivity (Wildman–Crippen MR) is 88.1 cm³/mol. The third-order valence-corrected chi connectivity index (χ3v) is 2.81. The number of nitrogens with two attached hydrogens (primary N) is 1. The molecule has 0 unspecified atom stereocenters. The van der Waals surface area contributed by atoms with Crippen molar-refractivity contribution in [2.24, 2.45) is 10.8 Å². The van der Waals surface area contributed by atoms with Crippen LogP contribution in [0.2, 0.25) is 0 Å². The molecule has 4 N–H and O–H groups in total. The Morgan fingerprint density at radius 3 is 2.09 bits per heavy atom. The van der Waals surface area contributed by atoms with Crippen LogP contribution >= 0.6 is 0 Å². The van der Waals surface area contributed by atoms with Crippen LogP contribution in [0.15, 0.2) is 53.6 Å². The van der Waals surface area contributed by atoms with Gasteiger partial charge in [0.05, 0.1) is 12.8 Å². The van der Waals surface area contributed by atoms with Crippen molar-refractivity contribution in [1.82, 2.24) is 0 Å². The lowest BCUT2D eigenvalue weighted by Gasteiger charge is -2.07. The SMILES string of the molecule is COc1ccc(Oc2ccc(N/N=C(\C#N)C(=N)N)cc2)cc1. The molecular weight excluding hydrogens is 294 g/mol. The van der Waals surface area contributed by atoms with Crippen molar-refractivity contribution in [2.75, 3.05) is 12.5 Å². The van der Waals surface area contributed by atoms with E-state index in [4.69, 9.17) is 25.9 Å². The second-order valence-electron chi connectivity index (χ2n) is 4.40. The predicted octanol–water partition coefficient (Wildman–Crippen LogP) is 2.71. The lowest BCUT2D eigenvalue weighted by atomic mass is 10.3. The number of ether oxygens (including phenoxy) is 2. The minimum Gasteiger partial charge on any atom is -0.497 e. The highest BCUT2D eigenvalue weighted by molar-refractivity contribution is 6.45. The molecule has 0 bridgehead atoms. The molecule has 0 saturated carbocycles. The molecule has 0 fully saturated rings. The first-order valence-corrected chi connectivity index (χ1v) is 6.62. The summed E-state index contributed by atoms with van der Waals surface area (Å²) in [5, 5.41) is 19.7. The number of methoxy groups -OCH3 is 1. The van der Waals surface area contributed by atoms with Crippen molar-refractivity contribution in [1.29, 1.82) is 10.7 Å². The molecule has 0 heterocycles. The normalized spacial score (nSPS) is 10.5. The van der Waals surface area contributed by atoms with Gasteiger partial charge in [-0.05, 0) is 48.5 Å². The summed E-state index contributed by atoms with van der Waals surface area (Å²) in [4.78, 5) is 0. The first-order chi connectivity index (χ1) is 11.1. The molecule has 0 saturated heterocycles. The van der Waals surface area contributed by atoms with Crippen molar-refractivity contribution in [3.05, 3.63) is 48.5 Å². The summed E-state index contributed by atoms with van der Waals surface area (Å²) in [6.45, 7) is 0. The maximum absolute atomic E-state index is 8.75. The second-order valence-corrected chi connectivity index (χ2v) is 4.40. The van der Waals surface area contributed by atoms with Gasteiger partial charge >= 0.3 is 0 Å². The molecule has 7 nitrogen and oxygen atoms in total. The van der Waals surface area contributed by atoms with Crippen LogP contribution in [0, 0.1) is 16.7 Å². The molecule has 0 spiro atoms. The van der Waals surface area contributed by atoms with Crippen LogP contribution in [-0.2, 0) is 0 Å². The molecule has 0 atom stereocenters. The molecule has 0 radical (unpaired) electrons. The van der Waals surface area contributed by atoms with E-state index in [1.54, 1.807) is 49.6 Å². The Bertz CT molecular complexity index is 746. The Morgan fingerprint density at radius 1 is 1.09 bits per heavy atom. The van der Waals surface area contributed by atoms with E-state index in [2.05, 4.69) is 10.5 Å². The zero-order valence-corrected chi connectivity index (χ0v) is 12.4. The number of benzene rings is 2. The lowest BCUT2D eigenvalue weighted by Crippen LogP contribution is -2.21. The van der Waals surface area contributed by atoms with Crippen molar-refractivity contribution in [3.63, 3.8) is 0 Å². The Balaban J connectivity index is 2.01. The summed E-state index contributed by atoms with van der Waals surface area (Å²) in [5.74, 6) is 1.71. The number of nitriles is 1. The van der Waals surface area contributed by atoms with Gasteiger partial charge in [-0.25, -0.2) is 0 Å². The molecule has 2 aromatic rings. The molecule has 7 heteroatoms. The first-order valence-electron chi connectivity index (χ1n) is 6.62. The third-order valence-electron chi connectivity index (χ3n) is 2.81. The van der Waals surface area contributed by atoms with Crippen LogP contribution < -0.4 is 20.6 Å². The van der Waals surface area contributed by atoms with Gasteiger partial charge in [0.15, 0.2) is 5.84 Å². The van der Waals surface area contributed by atoms with E-state index < -0.39 is 0 Å². The summed E-state index contributed by atoms with van der Waals surface area (Å²) in [5.41, 5.74) is 8.32. The van der Waals surface area contributed by atoms with Gasteiger partial charge < -0.3 is 15.2 Å². The van der Waals surface area contributed by atoms with Crippen molar-refractivity contribution in [3.8, 4) is 23.3 Å². The fourth-order valence-electron chi connectivity index (χ4n) is 1.64. The third kappa shape index (κ3) is 4.47. The lowest BCUT2D eigenvalue weighted by molar-refractivity contribution is 0.413. The van der Waals surface area contributed by atoms with Crippen molar-refractivity contribution in [2.45, 2.75) is 0 Å². The standard InChI is InChI=1S/C16H15N5O2/c1-22-12-6-8-14(9-7-12)23-13-4-2-11(3-5-13)20-21-15(10-17)16(18)19/h2-9,20H,1H3,(H3,18,19)/b21-15+. The molecule has 2 rings (SSSR count). The summed E-state index contributed by atoms with van der Waals surface area (Å²) in [6.07, 6.45) is 0. The molecule has 0 amide bonds. The minimum atomic E-state index is -0.389. The summed E-state index contributed by atoms with van der Waals surface area (Å²) in [6, 6.07) is 15.9. The number of anilines is 1. The zero-order chi connectivity index (χ0) is 16.7. The number of hydrogen-bond acceptors (Lipinski definition) is 6. The molecular formula is C16H15N5O2. The van der Waals surface area contributed by atoms with E-state index in [9.17, 15) is 0 Å². The Kier molecular flexibility index (Phi) is 5.15. The average molecular weight is 309 g/mol. The van der Waals surface area contributed by atoms with E-state index in [0.717, 1.165) is 5.75 Å². The quantitative estimate of drug-likeness (QED) is 0.431. The van der Waals surface area contributed by atoms with E-state index in [-0.39, 0.29) is 11.5 Å². The highest BCUT2D eigenvalue weighted by atomic mass is 16.5. The van der Waals surface area contributed by atoms with E-state index in [1.807, 2.05) is 12.1 Å². The van der Waals surface area contributed by atoms with Crippen molar-refractivity contribution >= 4 is 17.2 Å². The largest absolute Gasteiger partial charge is 0.497 e. The van der Waals surface area contributed by atoms with E-state index in [0.29, 0.717) is 17.2 Å². The Labute approximate surface area is 133 Å². The number of nitrogens with one attached hydrogen (secondary N) is 2. The maximum Gasteiger partial charge on any atom is 0.201 e. The van der Waals surface area contributed by atoms with Gasteiger partial charge in [0, 0.05) is 0 Å². The average Bonchev–Trinajstić information content (AvgIpc) is 2.57. The summed E-state index contributed by atoms with van der Waals surface area (Å²) < 4.78 is 10.8. The molecule has 116 valence electrons. The molecule has 0 aromatic heterocycles. The van der Waals surface area contributed by atoms with Gasteiger partial charge in [-0.2, -0.15) is 10.4 Å². The number of nitrogens with zero attached hydrogens (tertiary/aromatic N) is 2. The van der Waals surface area contributed by atoms with E-state index in [1.165, 1.54) is 0 Å². The zero-order valence-electron chi connectivity index (χ0n) is 12.4. The van der Waals surface area contributed by atoms with Crippen LogP contribution in [0.1, 0.15) is 0 Å². The van der Waals surface area contributed by atoms with Gasteiger partial charge in [0.2, 0.25) is 5.71 Å².